The average molecular weight is 288 g/mol. The van der Waals surface area contributed by atoms with E-state index in [4.69, 9.17) is 0 Å². The molecule has 2 heteroatoms. The Labute approximate surface area is 128 Å². The topological polar surface area (TPSA) is 37.3 Å². The summed E-state index contributed by atoms with van der Waals surface area (Å²) in [6.45, 7) is 4.85. The van der Waals surface area contributed by atoms with Crippen LogP contribution in [0.25, 0.3) is 0 Å². The van der Waals surface area contributed by atoms with E-state index in [0.717, 1.165) is 12.8 Å². The third-order valence-electron chi connectivity index (χ3n) is 7.77. The van der Waals surface area contributed by atoms with Gasteiger partial charge < -0.3 is 5.11 Å². The zero-order chi connectivity index (χ0) is 14.8. The van der Waals surface area contributed by atoms with Crippen LogP contribution in [0.2, 0.25) is 0 Å². The van der Waals surface area contributed by atoms with Gasteiger partial charge in [0.25, 0.3) is 0 Å². The highest BCUT2D eigenvalue weighted by Crippen LogP contribution is 2.65. The molecule has 1 N–H and O–H groups in total. The van der Waals surface area contributed by atoms with Crippen LogP contribution >= 0.6 is 0 Å². The summed E-state index contributed by atoms with van der Waals surface area (Å²) in [4.78, 5) is 11.8. The fourth-order valence-electron chi connectivity index (χ4n) is 6.52. The number of aliphatic hydroxyl groups excluding tert-OH is 1. The Morgan fingerprint density at radius 1 is 1.14 bits per heavy atom. The maximum absolute atomic E-state index is 11.8. The lowest BCUT2D eigenvalue weighted by molar-refractivity contribution is -0.121. The van der Waals surface area contributed by atoms with E-state index in [1.165, 1.54) is 37.7 Å². The molecule has 0 radical (unpaired) electrons. The Balaban J connectivity index is 1.74. The Morgan fingerprint density at radius 2 is 1.95 bits per heavy atom. The van der Waals surface area contributed by atoms with Gasteiger partial charge in [0.15, 0.2) is 5.78 Å². The zero-order valence-corrected chi connectivity index (χ0v) is 13.4. The summed E-state index contributed by atoms with van der Waals surface area (Å²) in [7, 11) is 0. The molecule has 2 nitrogen and oxygen atoms in total. The Hall–Kier alpha value is -0.630. The lowest BCUT2D eigenvalue weighted by atomic mass is 9.47. The van der Waals surface area contributed by atoms with E-state index in [1.807, 2.05) is 6.08 Å². The molecule has 1 unspecified atom stereocenters. The molecule has 0 spiro atoms. The van der Waals surface area contributed by atoms with Crippen molar-refractivity contribution in [1.82, 2.24) is 0 Å². The smallest absolute Gasteiger partial charge is 0.155 e. The van der Waals surface area contributed by atoms with Crippen LogP contribution in [0.1, 0.15) is 65.2 Å². The molecule has 4 rings (SSSR count). The first-order valence-corrected chi connectivity index (χ1v) is 8.86. The molecule has 6 atom stereocenters. The molecule has 0 amide bonds. The van der Waals surface area contributed by atoms with Crippen molar-refractivity contribution < 1.29 is 9.90 Å². The number of aliphatic hydroxyl groups is 1. The van der Waals surface area contributed by atoms with Crippen LogP contribution in [0.3, 0.4) is 0 Å². The van der Waals surface area contributed by atoms with Gasteiger partial charge in [0.2, 0.25) is 0 Å². The summed E-state index contributed by atoms with van der Waals surface area (Å²) in [6, 6.07) is 0. The van der Waals surface area contributed by atoms with Crippen LogP contribution in [0.15, 0.2) is 11.6 Å². The maximum Gasteiger partial charge on any atom is 0.155 e. The van der Waals surface area contributed by atoms with Gasteiger partial charge in [-0.2, -0.15) is 0 Å². The molecular formula is C19H28O2. The zero-order valence-electron chi connectivity index (χ0n) is 13.4. The first-order valence-electron chi connectivity index (χ1n) is 8.86. The minimum absolute atomic E-state index is 0.182. The monoisotopic (exact) mass is 288 g/mol. The van der Waals surface area contributed by atoms with Crippen molar-refractivity contribution in [2.24, 2.45) is 28.6 Å². The van der Waals surface area contributed by atoms with Crippen LogP contribution < -0.4 is 0 Å². The lowest BCUT2D eigenvalue weighted by Crippen LogP contribution is -2.54. The van der Waals surface area contributed by atoms with Crippen molar-refractivity contribution >= 4 is 5.78 Å². The van der Waals surface area contributed by atoms with Gasteiger partial charge in [-0.05, 0) is 73.2 Å². The molecule has 116 valence electrons. The van der Waals surface area contributed by atoms with Gasteiger partial charge in [-0.25, -0.2) is 0 Å². The molecule has 4 aliphatic carbocycles. The van der Waals surface area contributed by atoms with Crippen molar-refractivity contribution in [2.45, 2.75) is 71.3 Å². The van der Waals surface area contributed by atoms with Gasteiger partial charge >= 0.3 is 0 Å². The first-order chi connectivity index (χ1) is 9.94. The van der Waals surface area contributed by atoms with E-state index in [-0.39, 0.29) is 17.3 Å². The van der Waals surface area contributed by atoms with E-state index >= 15 is 0 Å². The van der Waals surface area contributed by atoms with Gasteiger partial charge in [0.05, 0.1) is 6.10 Å². The molecule has 0 saturated heterocycles. The van der Waals surface area contributed by atoms with Gasteiger partial charge in [0.1, 0.15) is 0 Å². The molecule has 0 bridgehead atoms. The minimum Gasteiger partial charge on any atom is -0.392 e. The van der Waals surface area contributed by atoms with Crippen LogP contribution in [0, 0.1) is 28.6 Å². The molecule has 3 fully saturated rings. The van der Waals surface area contributed by atoms with Crippen molar-refractivity contribution in [1.29, 1.82) is 0 Å². The largest absolute Gasteiger partial charge is 0.392 e. The number of carbonyl (C=O) groups is 1. The molecule has 0 heterocycles. The second-order valence-corrected chi connectivity index (χ2v) is 8.70. The molecule has 0 aromatic rings. The average Bonchev–Trinajstić information content (AvgIpc) is 2.82. The normalized spacial score (nSPS) is 52.7. The maximum atomic E-state index is 11.8. The lowest BCUT2D eigenvalue weighted by Gasteiger charge is -2.58. The van der Waals surface area contributed by atoms with E-state index < -0.39 is 0 Å². The summed E-state index contributed by atoms with van der Waals surface area (Å²) < 4.78 is 0. The van der Waals surface area contributed by atoms with Crippen molar-refractivity contribution in [3.8, 4) is 0 Å². The summed E-state index contributed by atoms with van der Waals surface area (Å²) in [5.74, 6) is 2.05. The third kappa shape index (κ3) is 1.84. The van der Waals surface area contributed by atoms with Gasteiger partial charge in [0, 0.05) is 6.42 Å². The second-order valence-electron chi connectivity index (χ2n) is 8.70. The van der Waals surface area contributed by atoms with Crippen molar-refractivity contribution in [3.05, 3.63) is 11.6 Å². The number of carbonyl (C=O) groups excluding carboxylic acids is 1. The second kappa shape index (κ2) is 4.44. The van der Waals surface area contributed by atoms with Gasteiger partial charge in [-0.15, -0.1) is 0 Å². The molecule has 4 aliphatic rings. The summed E-state index contributed by atoms with van der Waals surface area (Å²) in [5, 5.41) is 10.9. The molecule has 3 saturated carbocycles. The quantitative estimate of drug-likeness (QED) is 0.734. The van der Waals surface area contributed by atoms with Gasteiger partial charge in [-0.3, -0.25) is 4.79 Å². The summed E-state index contributed by atoms with van der Waals surface area (Å²) in [6.07, 6.45) is 10.7. The Bertz CT molecular complexity index is 508. The van der Waals surface area contributed by atoms with Crippen LogP contribution in [0.4, 0.5) is 0 Å². The number of ketones is 1. The number of hydrogen-bond acceptors (Lipinski definition) is 2. The highest BCUT2D eigenvalue weighted by Gasteiger charge is 2.58. The van der Waals surface area contributed by atoms with E-state index in [1.54, 1.807) is 0 Å². The fourth-order valence-corrected chi connectivity index (χ4v) is 6.52. The van der Waals surface area contributed by atoms with Crippen LogP contribution in [-0.4, -0.2) is 17.0 Å². The SMILES string of the molecule is C[C@@]12CCC[C@H]1[C@@H]1C(O)CC3=CC(=O)CC[C@]3(C)[C@@H]1CC2. The highest BCUT2D eigenvalue weighted by atomic mass is 16.3. The highest BCUT2D eigenvalue weighted by molar-refractivity contribution is 5.91. The third-order valence-corrected chi connectivity index (χ3v) is 7.77. The fraction of sp³-hybridized carbons (Fsp3) is 0.842. The van der Waals surface area contributed by atoms with Crippen molar-refractivity contribution in [2.75, 3.05) is 0 Å². The standard InChI is InChI=1S/C19H28O2/c1-18-7-3-4-14(18)17-15(6-8-18)19(2)9-5-13(20)10-12(19)11-16(17)21/h10,14-17,21H,3-9,11H2,1-2H3/t14-,15+,16?,17-,18-,19-/m0/s1. The van der Waals surface area contributed by atoms with Crippen LogP contribution in [-0.2, 0) is 4.79 Å². The number of rotatable bonds is 0. The predicted molar refractivity (Wildman–Crippen MR) is 82.7 cm³/mol. The predicted octanol–water partition coefficient (Wildman–Crippen LogP) is 3.88. The number of fused-ring (bicyclic) bond motifs is 5. The van der Waals surface area contributed by atoms with E-state index in [2.05, 4.69) is 13.8 Å². The molecule has 0 aromatic heterocycles. The molecule has 21 heavy (non-hydrogen) atoms. The minimum atomic E-state index is -0.219. The molecule has 0 aliphatic heterocycles. The summed E-state index contributed by atoms with van der Waals surface area (Å²) >= 11 is 0. The Kier molecular flexibility index (Phi) is 2.96. The van der Waals surface area contributed by atoms with E-state index in [9.17, 15) is 9.90 Å². The number of hydrogen-bond donors (Lipinski definition) is 1. The molecular weight excluding hydrogens is 260 g/mol. The van der Waals surface area contributed by atoms with Crippen LogP contribution in [0.5, 0.6) is 0 Å². The Morgan fingerprint density at radius 3 is 2.76 bits per heavy atom. The summed E-state index contributed by atoms with van der Waals surface area (Å²) in [5.41, 5.74) is 1.92. The first kappa shape index (κ1) is 14.0. The van der Waals surface area contributed by atoms with E-state index in [0.29, 0.717) is 29.6 Å². The van der Waals surface area contributed by atoms with Crippen molar-refractivity contribution in [3.63, 3.8) is 0 Å². The molecule has 0 aromatic carbocycles. The van der Waals surface area contributed by atoms with Gasteiger partial charge in [-0.1, -0.05) is 25.8 Å².